The van der Waals surface area contributed by atoms with Gasteiger partial charge in [-0.15, -0.1) is 0 Å². The number of benzene rings is 1. The van der Waals surface area contributed by atoms with Crippen molar-refractivity contribution in [3.63, 3.8) is 0 Å². The summed E-state index contributed by atoms with van der Waals surface area (Å²) in [7, 11) is 1.45. The molecule has 1 aliphatic rings. The van der Waals surface area contributed by atoms with Crippen molar-refractivity contribution in [1.82, 2.24) is 5.32 Å². The van der Waals surface area contributed by atoms with Crippen molar-refractivity contribution in [2.75, 3.05) is 13.6 Å². The zero-order valence-electron chi connectivity index (χ0n) is 14.5. The van der Waals surface area contributed by atoms with Gasteiger partial charge in [-0.1, -0.05) is 18.2 Å². The topological polar surface area (TPSA) is 73.6 Å². The lowest BCUT2D eigenvalue weighted by atomic mass is 9.77. The molecule has 0 saturated carbocycles. The number of carbonyl (C=O) groups is 1. The summed E-state index contributed by atoms with van der Waals surface area (Å²) >= 11 is 0. The SMILES string of the molecule is CNCC(=Cc1cccc(C(N)=O)c1)B1OC(C)(C)C(C)(C)O1. The van der Waals surface area contributed by atoms with Gasteiger partial charge in [-0.05, 0) is 57.9 Å². The largest absolute Gasteiger partial charge is 0.491 e. The van der Waals surface area contributed by atoms with Gasteiger partial charge in [0.05, 0.1) is 11.2 Å². The van der Waals surface area contributed by atoms with E-state index in [9.17, 15) is 4.79 Å². The Bertz CT molecular complexity index is 610. The lowest BCUT2D eigenvalue weighted by Gasteiger charge is -2.32. The summed E-state index contributed by atoms with van der Waals surface area (Å²) in [6, 6.07) is 7.20. The predicted molar refractivity (Wildman–Crippen MR) is 92.9 cm³/mol. The highest BCUT2D eigenvalue weighted by atomic mass is 16.7. The minimum Gasteiger partial charge on any atom is -0.400 e. The van der Waals surface area contributed by atoms with Crippen LogP contribution in [0.15, 0.2) is 29.7 Å². The van der Waals surface area contributed by atoms with Gasteiger partial charge < -0.3 is 20.4 Å². The number of primary amides is 1. The van der Waals surface area contributed by atoms with E-state index in [0.717, 1.165) is 11.0 Å². The van der Waals surface area contributed by atoms with E-state index in [-0.39, 0.29) is 11.2 Å². The molecule has 0 aliphatic carbocycles. The summed E-state index contributed by atoms with van der Waals surface area (Å²) in [5, 5.41) is 3.14. The van der Waals surface area contributed by atoms with Crippen molar-refractivity contribution in [2.45, 2.75) is 38.9 Å². The number of hydrogen-bond donors (Lipinski definition) is 2. The summed E-state index contributed by atoms with van der Waals surface area (Å²) in [6.07, 6.45) is 1.98. The highest BCUT2D eigenvalue weighted by Gasteiger charge is 2.52. The number of nitrogens with two attached hydrogens (primary N) is 1. The predicted octanol–water partition coefficient (Wildman–Crippen LogP) is 2.02. The molecule has 1 aromatic rings. The summed E-state index contributed by atoms with van der Waals surface area (Å²) in [4.78, 5) is 11.3. The van der Waals surface area contributed by atoms with E-state index in [1.165, 1.54) is 0 Å². The lowest BCUT2D eigenvalue weighted by molar-refractivity contribution is 0.00578. The molecule has 5 nitrogen and oxygen atoms in total. The first kappa shape index (κ1) is 17.7. The molecule has 0 aromatic heterocycles. The van der Waals surface area contributed by atoms with Crippen molar-refractivity contribution < 1.29 is 14.1 Å². The number of amides is 1. The van der Waals surface area contributed by atoms with Crippen LogP contribution in [0.4, 0.5) is 0 Å². The monoisotopic (exact) mass is 316 g/mol. The Balaban J connectivity index is 2.32. The molecule has 0 radical (unpaired) electrons. The van der Waals surface area contributed by atoms with Crippen LogP contribution in [0.25, 0.3) is 6.08 Å². The van der Waals surface area contributed by atoms with Crippen LogP contribution in [0.3, 0.4) is 0 Å². The molecule has 0 spiro atoms. The van der Waals surface area contributed by atoms with E-state index in [1.807, 2.05) is 53.0 Å². The van der Waals surface area contributed by atoms with Crippen LogP contribution in [0.5, 0.6) is 0 Å². The van der Waals surface area contributed by atoms with Crippen molar-refractivity contribution >= 4 is 19.1 Å². The summed E-state index contributed by atoms with van der Waals surface area (Å²) in [5.41, 5.74) is 6.90. The second-order valence-electron chi connectivity index (χ2n) is 6.83. The number of rotatable bonds is 5. The fraction of sp³-hybridized carbons (Fsp3) is 0.471. The summed E-state index contributed by atoms with van der Waals surface area (Å²) < 4.78 is 12.2. The van der Waals surface area contributed by atoms with Gasteiger partial charge in [-0.25, -0.2) is 0 Å². The van der Waals surface area contributed by atoms with Crippen molar-refractivity contribution in [1.29, 1.82) is 0 Å². The van der Waals surface area contributed by atoms with E-state index in [4.69, 9.17) is 15.0 Å². The molecule has 1 aliphatic heterocycles. The quantitative estimate of drug-likeness (QED) is 0.815. The lowest BCUT2D eigenvalue weighted by Crippen LogP contribution is -2.41. The molecular weight excluding hydrogens is 291 g/mol. The third-order valence-corrected chi connectivity index (χ3v) is 4.46. The van der Waals surface area contributed by atoms with E-state index in [2.05, 4.69) is 5.32 Å². The average molecular weight is 316 g/mol. The Kier molecular flexibility index (Phi) is 4.99. The fourth-order valence-corrected chi connectivity index (χ4v) is 2.40. The van der Waals surface area contributed by atoms with Crippen molar-refractivity contribution in [3.05, 3.63) is 40.9 Å². The average Bonchev–Trinajstić information content (AvgIpc) is 2.67. The zero-order chi connectivity index (χ0) is 17.3. The molecule has 3 N–H and O–H groups in total. The maximum Gasteiger partial charge on any atom is 0.491 e. The minimum absolute atomic E-state index is 0.389. The van der Waals surface area contributed by atoms with Crippen LogP contribution in [-0.4, -0.2) is 37.8 Å². The second kappa shape index (κ2) is 6.47. The van der Waals surface area contributed by atoms with Gasteiger partial charge in [0, 0.05) is 12.1 Å². The molecule has 23 heavy (non-hydrogen) atoms. The molecule has 0 bridgehead atoms. The number of hydrogen-bond acceptors (Lipinski definition) is 4. The van der Waals surface area contributed by atoms with Gasteiger partial charge in [-0.3, -0.25) is 4.79 Å². The maximum atomic E-state index is 11.3. The maximum absolute atomic E-state index is 11.3. The van der Waals surface area contributed by atoms with Crippen molar-refractivity contribution in [2.24, 2.45) is 5.73 Å². The van der Waals surface area contributed by atoms with Gasteiger partial charge in [0.15, 0.2) is 0 Å². The van der Waals surface area contributed by atoms with E-state index in [0.29, 0.717) is 12.1 Å². The molecule has 1 aromatic carbocycles. The Hall–Kier alpha value is -1.63. The molecule has 0 unspecified atom stereocenters. The first-order chi connectivity index (χ1) is 10.7. The third kappa shape index (κ3) is 3.83. The fourth-order valence-electron chi connectivity index (χ4n) is 2.40. The van der Waals surface area contributed by atoms with Crippen LogP contribution in [0.2, 0.25) is 0 Å². The molecule has 1 amide bonds. The molecular formula is C17H25BN2O3. The highest BCUT2D eigenvalue weighted by Crippen LogP contribution is 2.38. The smallest absolute Gasteiger partial charge is 0.400 e. The summed E-state index contributed by atoms with van der Waals surface area (Å²) in [5.74, 6) is -0.439. The van der Waals surface area contributed by atoms with Gasteiger partial charge in [0.25, 0.3) is 0 Å². The second-order valence-corrected chi connectivity index (χ2v) is 6.83. The van der Waals surface area contributed by atoms with Gasteiger partial charge in [-0.2, -0.15) is 0 Å². The molecule has 0 atom stereocenters. The number of carbonyl (C=O) groups excluding carboxylic acids is 1. The number of likely N-dealkylation sites (N-methyl/N-ethyl adjacent to an activating group) is 1. The Morgan fingerprint density at radius 2 is 1.87 bits per heavy atom. The molecule has 1 fully saturated rings. The molecule has 6 heteroatoms. The molecule has 1 saturated heterocycles. The first-order valence-electron chi connectivity index (χ1n) is 7.77. The zero-order valence-corrected chi connectivity index (χ0v) is 14.5. The van der Waals surface area contributed by atoms with Gasteiger partial charge in [0.2, 0.25) is 5.91 Å². The van der Waals surface area contributed by atoms with Gasteiger partial charge in [0.1, 0.15) is 0 Å². The Morgan fingerprint density at radius 3 is 2.39 bits per heavy atom. The van der Waals surface area contributed by atoms with Crippen LogP contribution in [0, 0.1) is 0 Å². The number of nitrogens with one attached hydrogen (secondary N) is 1. The third-order valence-electron chi connectivity index (χ3n) is 4.46. The van der Waals surface area contributed by atoms with Crippen LogP contribution >= 0.6 is 0 Å². The van der Waals surface area contributed by atoms with E-state index < -0.39 is 13.0 Å². The molecule has 2 rings (SSSR count). The molecule has 124 valence electrons. The summed E-state index contributed by atoms with van der Waals surface area (Å²) in [6.45, 7) is 8.72. The normalized spacial score (nSPS) is 19.9. The Labute approximate surface area is 138 Å². The van der Waals surface area contributed by atoms with Crippen LogP contribution in [0.1, 0.15) is 43.6 Å². The van der Waals surface area contributed by atoms with Crippen LogP contribution < -0.4 is 11.1 Å². The van der Waals surface area contributed by atoms with Gasteiger partial charge >= 0.3 is 7.12 Å². The standard InChI is InChI=1S/C17H25BN2O3/c1-16(2)17(3,4)23-18(22-16)14(11-20-5)10-12-7-6-8-13(9-12)15(19)21/h6-10,20H,11H2,1-5H3,(H2,19,21). The van der Waals surface area contributed by atoms with E-state index in [1.54, 1.807) is 12.1 Å². The first-order valence-corrected chi connectivity index (χ1v) is 7.77. The van der Waals surface area contributed by atoms with E-state index >= 15 is 0 Å². The molecule has 1 heterocycles. The Morgan fingerprint density at radius 1 is 1.26 bits per heavy atom. The van der Waals surface area contributed by atoms with Crippen LogP contribution in [-0.2, 0) is 9.31 Å². The van der Waals surface area contributed by atoms with Crippen molar-refractivity contribution in [3.8, 4) is 0 Å². The minimum atomic E-state index is -0.439. The highest BCUT2D eigenvalue weighted by molar-refractivity contribution is 6.55.